The Morgan fingerprint density at radius 2 is 0.833 bits per heavy atom. The Morgan fingerprint density at radius 1 is 0.444 bits per heavy atom. The quantitative estimate of drug-likeness (QED) is 0.0651. The fourth-order valence-corrected chi connectivity index (χ4v) is 9.19. The number of hydrogen-bond donors (Lipinski definition) is 1. The highest BCUT2D eigenvalue weighted by Gasteiger charge is 2.37. The lowest BCUT2D eigenvalue weighted by Gasteiger charge is -2.27. The molecule has 0 atom stereocenters. The number of carbonyl (C=O) groups excluding carboxylic acids is 1. The van der Waals surface area contributed by atoms with Crippen molar-refractivity contribution in [3.05, 3.63) is 217 Å². The van der Waals surface area contributed by atoms with Gasteiger partial charge in [-0.1, -0.05) is 84.9 Å². The third kappa shape index (κ3) is 9.58. The fraction of sp³-hybridized carbons (Fsp3) is 0.133. The van der Waals surface area contributed by atoms with Crippen LogP contribution < -0.4 is 23.8 Å². The topological polar surface area (TPSA) is 132 Å². The summed E-state index contributed by atoms with van der Waals surface area (Å²) in [4.78, 5) is 34.3. The van der Waals surface area contributed by atoms with E-state index >= 15 is 0 Å². The number of carbonyl (C=O) groups is 1. The summed E-state index contributed by atoms with van der Waals surface area (Å²) >= 11 is 0. The molecule has 0 saturated carbocycles. The van der Waals surface area contributed by atoms with Crippen LogP contribution in [0.4, 0.5) is 5.69 Å². The van der Waals surface area contributed by atoms with Crippen LogP contribution >= 0.6 is 0 Å². The first kappa shape index (κ1) is 45.3. The van der Waals surface area contributed by atoms with E-state index in [-0.39, 0.29) is 22.7 Å². The van der Waals surface area contributed by atoms with Crippen molar-refractivity contribution in [3.63, 3.8) is 0 Å². The maximum Gasteiger partial charge on any atom is 0.201 e. The molecular formula is C60H49N6O6+. The minimum atomic E-state index is -0.217. The second-order valence-electron chi connectivity index (χ2n) is 17.2. The first-order chi connectivity index (χ1) is 35.6. The van der Waals surface area contributed by atoms with Gasteiger partial charge in [0, 0.05) is 64.2 Å². The lowest BCUT2D eigenvalue weighted by Crippen LogP contribution is -2.32. The number of para-hydroxylation sites is 4. The van der Waals surface area contributed by atoms with Gasteiger partial charge in [0.25, 0.3) is 0 Å². The summed E-state index contributed by atoms with van der Waals surface area (Å²) in [5.74, 6) is 2.61. The molecule has 2 aliphatic rings. The van der Waals surface area contributed by atoms with Gasteiger partial charge < -0.3 is 29.0 Å². The van der Waals surface area contributed by atoms with Gasteiger partial charge in [-0.2, -0.15) is 0 Å². The van der Waals surface area contributed by atoms with Crippen LogP contribution in [0.5, 0.6) is 23.0 Å². The van der Waals surface area contributed by atoms with E-state index in [2.05, 4.69) is 29.4 Å². The van der Waals surface area contributed by atoms with Crippen molar-refractivity contribution in [3.8, 4) is 23.0 Å². The smallest absolute Gasteiger partial charge is 0.201 e. The Labute approximate surface area is 415 Å². The Morgan fingerprint density at radius 3 is 1.24 bits per heavy atom. The molecule has 0 saturated heterocycles. The molecule has 11 rings (SSSR count). The van der Waals surface area contributed by atoms with Crippen LogP contribution in [0.2, 0.25) is 0 Å². The minimum Gasteiger partial charge on any atom is -0.506 e. The van der Waals surface area contributed by atoms with Crippen LogP contribution in [0.25, 0.3) is 49.2 Å². The third-order valence-corrected chi connectivity index (χ3v) is 12.8. The molecule has 0 radical (unpaired) electrons. The van der Waals surface area contributed by atoms with E-state index < -0.39 is 0 Å². The highest BCUT2D eigenvalue weighted by atomic mass is 16.5. The highest BCUT2D eigenvalue weighted by Crippen LogP contribution is 2.39. The number of rotatable bonds is 18. The van der Waals surface area contributed by atoms with Crippen LogP contribution in [0.3, 0.4) is 0 Å². The first-order valence-electron chi connectivity index (χ1n) is 24.0. The van der Waals surface area contributed by atoms with Gasteiger partial charge in [-0.3, -0.25) is 24.7 Å². The number of ether oxygens (including phenoxy) is 4. The second kappa shape index (κ2) is 20.8. The van der Waals surface area contributed by atoms with Crippen LogP contribution in [0, 0.1) is 0 Å². The van der Waals surface area contributed by atoms with Crippen molar-refractivity contribution in [1.29, 1.82) is 0 Å². The Balaban J connectivity index is 0.802. The van der Waals surface area contributed by atoms with Crippen molar-refractivity contribution in [2.24, 2.45) is 0 Å². The molecule has 72 heavy (non-hydrogen) atoms. The maximum atomic E-state index is 13.9. The van der Waals surface area contributed by atoms with E-state index in [1.807, 2.05) is 170 Å². The summed E-state index contributed by atoms with van der Waals surface area (Å²) in [6.07, 6.45) is 14.7. The molecule has 0 unspecified atom stereocenters. The number of Topliss-reactive ketones (excluding diaryl/α,β-unsaturated/α-hetero) is 1. The fourth-order valence-electron chi connectivity index (χ4n) is 9.19. The van der Waals surface area contributed by atoms with Crippen molar-refractivity contribution in [2.75, 3.05) is 57.5 Å². The SMILES string of the molecule is O=C1C(=C2C=CC(=[N+](CCOc3cccc4cccnc34)CCOc3cccc4cccnc34)C=C2)C(O)=C1c1ccc(N(CCOc2cccc3cccnc23)CCOc2cccc3cccnc23)cc1. The van der Waals surface area contributed by atoms with Crippen LogP contribution in [0.1, 0.15) is 5.56 Å². The van der Waals surface area contributed by atoms with Gasteiger partial charge in [-0.15, -0.1) is 0 Å². The lowest BCUT2D eigenvalue weighted by molar-refractivity contribution is -0.529. The van der Waals surface area contributed by atoms with Crippen LogP contribution in [-0.4, -0.2) is 93.7 Å². The molecule has 4 aromatic heterocycles. The molecular weight excluding hydrogens is 901 g/mol. The number of aliphatic hydroxyl groups is 1. The molecule has 0 bridgehead atoms. The van der Waals surface area contributed by atoms with E-state index in [0.717, 1.165) is 55.0 Å². The van der Waals surface area contributed by atoms with Gasteiger partial charge in [0.15, 0.2) is 18.8 Å². The first-order valence-corrected chi connectivity index (χ1v) is 24.0. The zero-order valence-corrected chi connectivity index (χ0v) is 39.3. The lowest BCUT2D eigenvalue weighted by atomic mass is 9.80. The van der Waals surface area contributed by atoms with Crippen molar-refractivity contribution in [1.82, 2.24) is 19.9 Å². The normalized spacial score (nSPS) is 13.3. The Hall–Kier alpha value is -9.16. The molecule has 5 aromatic carbocycles. The molecule has 1 N–H and O–H groups in total. The third-order valence-electron chi connectivity index (χ3n) is 12.8. The number of hydrogen-bond acceptors (Lipinski definition) is 11. The minimum absolute atomic E-state index is 0.0300. The highest BCUT2D eigenvalue weighted by molar-refractivity contribution is 6.39. The van der Waals surface area contributed by atoms with Crippen LogP contribution in [0.15, 0.2) is 212 Å². The predicted molar refractivity (Wildman–Crippen MR) is 282 cm³/mol. The largest absolute Gasteiger partial charge is 0.506 e. The summed E-state index contributed by atoms with van der Waals surface area (Å²) < 4.78 is 27.4. The summed E-state index contributed by atoms with van der Waals surface area (Å²) in [5, 5.41) is 15.5. The summed E-state index contributed by atoms with van der Waals surface area (Å²) in [5.41, 5.74) is 6.89. The number of nitrogens with zero attached hydrogens (tertiary/aromatic N) is 6. The van der Waals surface area contributed by atoms with E-state index in [1.165, 1.54) is 0 Å². The second-order valence-corrected chi connectivity index (χ2v) is 17.2. The molecule has 12 nitrogen and oxygen atoms in total. The monoisotopic (exact) mass is 949 g/mol. The molecule has 0 amide bonds. The number of aromatic nitrogens is 4. The van der Waals surface area contributed by atoms with Gasteiger partial charge in [-0.25, -0.2) is 4.58 Å². The van der Waals surface area contributed by atoms with E-state index in [1.54, 1.807) is 24.8 Å². The zero-order chi connectivity index (χ0) is 48.6. The van der Waals surface area contributed by atoms with E-state index in [9.17, 15) is 9.90 Å². The van der Waals surface area contributed by atoms with Gasteiger partial charge in [-0.05, 0) is 84.0 Å². The number of anilines is 1. The van der Waals surface area contributed by atoms with Gasteiger partial charge >= 0.3 is 0 Å². The molecule has 4 heterocycles. The summed E-state index contributed by atoms with van der Waals surface area (Å²) in [6.45, 7) is 3.73. The Bertz CT molecular complexity index is 3450. The Kier molecular flexibility index (Phi) is 13.1. The summed E-state index contributed by atoms with van der Waals surface area (Å²) in [6, 6.07) is 47.1. The summed E-state index contributed by atoms with van der Waals surface area (Å²) in [7, 11) is 0. The molecule has 0 fully saturated rings. The molecule has 12 heteroatoms. The number of allylic oxidation sites excluding steroid dienone is 7. The van der Waals surface area contributed by atoms with Crippen molar-refractivity contribution in [2.45, 2.75) is 0 Å². The van der Waals surface area contributed by atoms with Gasteiger partial charge in [0.1, 0.15) is 77.3 Å². The number of pyridine rings is 4. The average Bonchev–Trinajstić information content (AvgIpc) is 3.43. The van der Waals surface area contributed by atoms with Crippen molar-refractivity contribution >= 4 is 66.4 Å². The number of benzene rings is 5. The van der Waals surface area contributed by atoms with Gasteiger partial charge in [0.05, 0.1) is 24.2 Å². The maximum absolute atomic E-state index is 13.9. The number of aliphatic hydroxyl groups excluding tert-OH is 1. The van der Waals surface area contributed by atoms with Crippen LogP contribution in [-0.2, 0) is 4.79 Å². The van der Waals surface area contributed by atoms with E-state index in [0.29, 0.717) is 86.7 Å². The zero-order valence-electron chi connectivity index (χ0n) is 39.3. The molecule has 2 aliphatic carbocycles. The molecule has 354 valence electrons. The van der Waals surface area contributed by atoms with Gasteiger partial charge in [0.2, 0.25) is 5.78 Å². The molecule has 0 aliphatic heterocycles. The van der Waals surface area contributed by atoms with Crippen molar-refractivity contribution < 1.29 is 33.4 Å². The van der Waals surface area contributed by atoms with E-state index in [4.69, 9.17) is 18.9 Å². The predicted octanol–water partition coefficient (Wildman–Crippen LogP) is 10.7. The molecule has 9 aromatic rings. The average molecular weight is 950 g/mol. The number of fused-ring (bicyclic) bond motifs is 4. The molecule has 0 spiro atoms. The standard InChI is InChI=1S/C60H48N6O6/c67-59-53(41-21-25-47(26-22-41)65(33-37-69-49-17-1-9-43-13-5-29-61-55(43)49)34-38-70-50-18-2-10-44-14-6-30-62-56(44)50)60(68)54(59)42-23-27-48(28-24-42)66(35-39-71-51-19-3-11-45-15-7-31-63-57(45)51)36-40-72-52-20-4-12-46-16-8-32-64-58(46)52/h1-32H,33-40H2/p+1. The number of ketones is 1.